The molecule has 3 heterocycles. The summed E-state index contributed by atoms with van der Waals surface area (Å²) in [5, 5.41) is 11.2. The minimum Gasteiger partial charge on any atom is -0.481 e. The van der Waals surface area contributed by atoms with E-state index in [0.717, 1.165) is 0 Å². The van der Waals surface area contributed by atoms with E-state index < -0.39 is 54.2 Å². The van der Waals surface area contributed by atoms with Crippen LogP contribution in [0.5, 0.6) is 0 Å². The number of carbonyl (C=O) groups is 2. The van der Waals surface area contributed by atoms with Gasteiger partial charge < -0.3 is 34.1 Å². The Kier molecular flexibility index (Phi) is 4.33. The fourth-order valence-electron chi connectivity index (χ4n) is 3.22. The molecular weight excluding hydrogens is 322 g/mol. The van der Waals surface area contributed by atoms with Crippen molar-refractivity contribution in [1.29, 1.82) is 0 Å². The van der Waals surface area contributed by atoms with Gasteiger partial charge in [-0.15, -0.1) is 0 Å². The molecule has 3 aliphatic rings. The summed E-state index contributed by atoms with van der Waals surface area (Å²) in [6.45, 7) is 7.02. The fraction of sp³-hybridized carbons (Fsp3) is 0.867. The monoisotopic (exact) mass is 345 g/mol. The molecule has 0 saturated carbocycles. The highest BCUT2D eigenvalue weighted by Gasteiger charge is 2.62. The first kappa shape index (κ1) is 17.6. The van der Waals surface area contributed by atoms with E-state index in [9.17, 15) is 9.59 Å². The molecule has 3 fully saturated rings. The van der Waals surface area contributed by atoms with Gasteiger partial charge in [0.05, 0.1) is 6.42 Å². The second kappa shape index (κ2) is 5.92. The van der Waals surface area contributed by atoms with Gasteiger partial charge in [-0.2, -0.15) is 0 Å². The van der Waals surface area contributed by atoms with Crippen LogP contribution in [-0.2, 0) is 33.3 Å². The first-order valence-electron chi connectivity index (χ1n) is 7.94. The summed E-state index contributed by atoms with van der Waals surface area (Å²) in [6.07, 6.45) is -3.58. The summed E-state index contributed by atoms with van der Waals surface area (Å²) < 4.78 is 29.0. The van der Waals surface area contributed by atoms with Gasteiger partial charge in [0.1, 0.15) is 18.3 Å². The van der Waals surface area contributed by atoms with Crippen LogP contribution in [-0.4, -0.2) is 65.8 Å². The van der Waals surface area contributed by atoms with Crippen molar-refractivity contribution >= 4 is 11.9 Å². The van der Waals surface area contributed by atoms with Crippen molar-refractivity contribution in [2.45, 2.75) is 76.4 Å². The zero-order valence-corrected chi connectivity index (χ0v) is 14.1. The zero-order chi connectivity index (χ0) is 17.7. The third-order valence-electron chi connectivity index (χ3n) is 4.05. The first-order valence-corrected chi connectivity index (χ1v) is 7.94. The molecule has 0 bridgehead atoms. The molecule has 3 aliphatic heterocycles. The lowest BCUT2D eigenvalue weighted by Gasteiger charge is -2.36. The quantitative estimate of drug-likeness (QED) is 0.731. The zero-order valence-electron chi connectivity index (χ0n) is 14.1. The van der Waals surface area contributed by atoms with Crippen LogP contribution in [0.1, 0.15) is 34.1 Å². The average molecular weight is 345 g/mol. The maximum atomic E-state index is 12.4. The van der Waals surface area contributed by atoms with Gasteiger partial charge in [-0.3, -0.25) is 9.59 Å². The smallest absolute Gasteiger partial charge is 0.305 e. The molecule has 1 amide bonds. The Morgan fingerprint density at radius 3 is 2.21 bits per heavy atom. The lowest BCUT2D eigenvalue weighted by molar-refractivity contribution is -0.231. The molecule has 0 spiro atoms. The maximum Gasteiger partial charge on any atom is 0.305 e. The summed E-state index contributed by atoms with van der Waals surface area (Å²) in [7, 11) is 0. The van der Waals surface area contributed by atoms with Crippen LogP contribution < -0.4 is 5.32 Å². The van der Waals surface area contributed by atoms with Crippen LogP contribution in [0.15, 0.2) is 0 Å². The fourth-order valence-corrected chi connectivity index (χ4v) is 3.22. The van der Waals surface area contributed by atoms with Crippen LogP contribution in [0.25, 0.3) is 0 Å². The van der Waals surface area contributed by atoms with Crippen molar-refractivity contribution in [3.05, 3.63) is 0 Å². The predicted octanol–water partition coefficient (Wildman–Crippen LogP) is -0.0262. The number of carbonyl (C=O) groups excluding carboxylic acids is 1. The topological polar surface area (TPSA) is 113 Å². The Morgan fingerprint density at radius 1 is 0.958 bits per heavy atom. The molecule has 24 heavy (non-hydrogen) atoms. The summed E-state index contributed by atoms with van der Waals surface area (Å²) in [6, 6.07) is 0. The van der Waals surface area contributed by atoms with Crippen molar-refractivity contribution in [3.8, 4) is 0 Å². The molecule has 0 aromatic heterocycles. The second-order valence-electron chi connectivity index (χ2n) is 7.02. The third-order valence-corrected chi connectivity index (χ3v) is 4.05. The van der Waals surface area contributed by atoms with E-state index >= 15 is 0 Å². The van der Waals surface area contributed by atoms with E-state index in [2.05, 4.69) is 5.32 Å². The normalized spacial score (nSPS) is 39.1. The number of ether oxygens (including phenoxy) is 5. The van der Waals surface area contributed by atoms with Gasteiger partial charge in [-0.1, -0.05) is 0 Å². The van der Waals surface area contributed by atoms with E-state index in [1.807, 2.05) is 0 Å². The van der Waals surface area contributed by atoms with Gasteiger partial charge in [0, 0.05) is 6.54 Å². The first-order chi connectivity index (χ1) is 11.1. The minimum atomic E-state index is -0.992. The summed E-state index contributed by atoms with van der Waals surface area (Å²) in [4.78, 5) is 23.0. The van der Waals surface area contributed by atoms with E-state index in [0.29, 0.717) is 0 Å². The van der Waals surface area contributed by atoms with Crippen molar-refractivity contribution in [3.63, 3.8) is 0 Å². The van der Waals surface area contributed by atoms with E-state index in [1.165, 1.54) is 0 Å². The van der Waals surface area contributed by atoms with Crippen molar-refractivity contribution < 1.29 is 38.4 Å². The second-order valence-corrected chi connectivity index (χ2v) is 7.02. The highest BCUT2D eigenvalue weighted by atomic mass is 16.9. The van der Waals surface area contributed by atoms with Crippen LogP contribution >= 0.6 is 0 Å². The van der Waals surface area contributed by atoms with Crippen LogP contribution in [0.4, 0.5) is 0 Å². The number of hydrogen-bond acceptors (Lipinski definition) is 7. The Labute approximate surface area is 139 Å². The molecule has 136 valence electrons. The van der Waals surface area contributed by atoms with Crippen molar-refractivity contribution in [1.82, 2.24) is 5.32 Å². The van der Waals surface area contributed by atoms with Gasteiger partial charge in [0.25, 0.3) is 5.91 Å². The Hall–Kier alpha value is -1.26. The molecule has 2 N–H and O–H groups in total. The SMILES string of the molecule is CC1(C)OC2OC(C(=O)NCCC(=O)O)C3OC(C)(C)OC3C2O1. The van der Waals surface area contributed by atoms with E-state index in [-0.39, 0.29) is 13.0 Å². The predicted molar refractivity (Wildman–Crippen MR) is 77.8 cm³/mol. The van der Waals surface area contributed by atoms with Gasteiger partial charge in [-0.25, -0.2) is 0 Å². The largest absolute Gasteiger partial charge is 0.481 e. The number of carboxylic acid groups (broad SMARTS) is 1. The number of hydrogen-bond donors (Lipinski definition) is 2. The molecule has 3 saturated heterocycles. The van der Waals surface area contributed by atoms with Gasteiger partial charge in [0.15, 0.2) is 24.0 Å². The van der Waals surface area contributed by atoms with E-state index in [1.54, 1.807) is 27.7 Å². The van der Waals surface area contributed by atoms with Crippen LogP contribution in [0, 0.1) is 0 Å². The maximum absolute atomic E-state index is 12.4. The number of fused-ring (bicyclic) bond motifs is 3. The molecule has 0 aromatic carbocycles. The number of nitrogens with one attached hydrogen (secondary N) is 1. The molecular formula is C15H23NO8. The summed E-state index contributed by atoms with van der Waals surface area (Å²) in [5.74, 6) is -3.19. The van der Waals surface area contributed by atoms with Crippen molar-refractivity contribution in [2.75, 3.05) is 6.54 Å². The Bertz CT molecular complexity index is 534. The van der Waals surface area contributed by atoms with Gasteiger partial charge >= 0.3 is 5.97 Å². The molecule has 5 unspecified atom stereocenters. The number of rotatable bonds is 4. The Balaban J connectivity index is 1.75. The highest BCUT2D eigenvalue weighted by molar-refractivity contribution is 5.82. The van der Waals surface area contributed by atoms with Gasteiger partial charge in [0.2, 0.25) is 0 Å². The molecule has 0 aliphatic carbocycles. The van der Waals surface area contributed by atoms with Gasteiger partial charge in [-0.05, 0) is 27.7 Å². The molecule has 0 radical (unpaired) electrons. The number of amides is 1. The lowest BCUT2D eigenvalue weighted by atomic mass is 9.98. The van der Waals surface area contributed by atoms with Crippen LogP contribution in [0.3, 0.4) is 0 Å². The van der Waals surface area contributed by atoms with Crippen molar-refractivity contribution in [2.24, 2.45) is 0 Å². The summed E-state index contributed by atoms with van der Waals surface area (Å²) in [5.41, 5.74) is 0. The summed E-state index contributed by atoms with van der Waals surface area (Å²) >= 11 is 0. The molecule has 9 nitrogen and oxygen atoms in total. The standard InChI is InChI=1S/C15H23NO8/c1-14(2)21-8-9(22-14)11-13(24-15(3,4)23-11)20-10(8)12(19)16-6-5-7(17)18/h8-11,13H,5-6H2,1-4H3,(H,16,19)(H,17,18). The lowest BCUT2D eigenvalue weighted by Crippen LogP contribution is -2.59. The molecule has 9 heteroatoms. The molecule has 0 aromatic rings. The molecule has 5 atom stereocenters. The Morgan fingerprint density at radius 2 is 1.54 bits per heavy atom. The van der Waals surface area contributed by atoms with E-state index in [4.69, 9.17) is 28.8 Å². The highest BCUT2D eigenvalue weighted by Crippen LogP contribution is 2.44. The van der Waals surface area contributed by atoms with Crippen LogP contribution in [0.2, 0.25) is 0 Å². The third kappa shape index (κ3) is 3.40. The number of aliphatic carboxylic acids is 1. The molecule has 3 rings (SSSR count). The average Bonchev–Trinajstić information content (AvgIpc) is 2.91. The minimum absolute atomic E-state index is 0.00656. The number of carboxylic acids is 1.